The summed E-state index contributed by atoms with van der Waals surface area (Å²) in [7, 11) is -21.5. The van der Waals surface area contributed by atoms with E-state index in [0.717, 1.165) is 12.7 Å². The molecule has 0 bridgehead atoms. The molecule has 2 aliphatic heterocycles. The normalized spacial score (nSPS) is 30.3. The number of hydrogen-bond acceptors (Lipinski definition) is 23. The number of fused-ring (bicyclic) bond motifs is 2. The van der Waals surface area contributed by atoms with Crippen LogP contribution in [-0.2, 0) is 50.1 Å². The van der Waals surface area contributed by atoms with Crippen molar-refractivity contribution in [1.82, 2.24) is 39.0 Å². The molecule has 0 saturated carbocycles. The van der Waals surface area contributed by atoms with Crippen LogP contribution in [0.4, 0.5) is 11.6 Å². The van der Waals surface area contributed by atoms with Crippen LogP contribution in [0.1, 0.15) is 12.5 Å². The van der Waals surface area contributed by atoms with Gasteiger partial charge in [-0.1, -0.05) is 0 Å². The Morgan fingerprint density at radius 1 is 0.600 bits per heavy atom. The van der Waals surface area contributed by atoms with Gasteiger partial charge in [-0.2, -0.15) is 0 Å². The number of aliphatic hydroxyl groups is 4. The molecule has 2 aliphatic rings. The van der Waals surface area contributed by atoms with Crippen LogP contribution < -0.4 is 11.5 Å². The lowest BCUT2D eigenvalue weighted by molar-refractivity contribution is -0.0511. The molecule has 12 N–H and O–H groups in total. The van der Waals surface area contributed by atoms with Gasteiger partial charge in [0.05, 0.1) is 25.9 Å². The zero-order valence-corrected chi connectivity index (χ0v) is 30.9. The summed E-state index contributed by atoms with van der Waals surface area (Å²) in [6.07, 6.45) is -11.2. The van der Waals surface area contributed by atoms with Crippen LogP contribution in [0, 0.1) is 0 Å². The minimum absolute atomic E-state index is 0.0147. The first kappa shape index (κ1) is 41.6. The van der Waals surface area contributed by atoms with Crippen molar-refractivity contribution in [2.75, 3.05) is 37.4 Å². The molecular weight excluding hydrogens is 832 g/mol. The second-order valence-corrected chi connectivity index (χ2v) is 18.3. The van der Waals surface area contributed by atoms with Gasteiger partial charge >= 0.3 is 30.8 Å². The molecule has 0 spiro atoms. The molecule has 2 fully saturated rings. The van der Waals surface area contributed by atoms with Crippen molar-refractivity contribution < 1.29 is 90.1 Å². The number of nitrogens with two attached hydrogens (primary N) is 2. The Morgan fingerprint density at radius 2 is 0.982 bits per heavy atom. The fourth-order valence-electron chi connectivity index (χ4n) is 5.25. The van der Waals surface area contributed by atoms with E-state index < -0.39 is 106 Å². The van der Waals surface area contributed by atoms with Crippen molar-refractivity contribution in [3.8, 4) is 0 Å². The molecule has 0 amide bonds. The van der Waals surface area contributed by atoms with Crippen molar-refractivity contribution in [2.24, 2.45) is 0 Å². The molecule has 0 aliphatic carbocycles. The number of phosphoric ester groups is 2. The van der Waals surface area contributed by atoms with E-state index in [4.69, 9.17) is 20.9 Å². The van der Waals surface area contributed by atoms with Gasteiger partial charge < -0.3 is 60.9 Å². The maximum absolute atomic E-state index is 12.4. The summed E-state index contributed by atoms with van der Waals surface area (Å²) in [4.78, 5) is 63.5. The first-order valence-electron chi connectivity index (χ1n) is 15.2. The molecule has 4 unspecified atom stereocenters. The van der Waals surface area contributed by atoms with Gasteiger partial charge in [0.15, 0.2) is 48.1 Å². The number of nitrogen functional groups attached to an aromatic ring is 2. The highest BCUT2D eigenvalue weighted by Gasteiger charge is 2.47. The third kappa shape index (κ3) is 9.27. The molecule has 2 saturated heterocycles. The Hall–Kier alpha value is -2.98. The fraction of sp³-hybridized carbons (Fsp3) is 0.545. The highest BCUT2D eigenvalue weighted by atomic mass is 31.3. The van der Waals surface area contributed by atoms with E-state index >= 15 is 0 Å². The van der Waals surface area contributed by atoms with Gasteiger partial charge in [-0.05, 0) is 0 Å². The number of phosphoric acid groups is 2. The molecule has 6 heterocycles. The summed E-state index contributed by atoms with van der Waals surface area (Å²) in [5.41, 5.74) is 12.0. The van der Waals surface area contributed by atoms with Gasteiger partial charge in [0, 0.05) is 0 Å². The minimum Gasteiger partial charge on any atom is -0.387 e. The molecular formula is C22H32N10O19P4. The molecule has 12 atom stereocenters. The van der Waals surface area contributed by atoms with Gasteiger partial charge in [-0.25, -0.2) is 43.3 Å². The summed E-state index contributed by atoms with van der Waals surface area (Å²) in [6, 6.07) is 0. The van der Waals surface area contributed by atoms with Gasteiger partial charge in [0.25, 0.3) is 0 Å². The monoisotopic (exact) mass is 864 g/mol. The van der Waals surface area contributed by atoms with E-state index in [1.54, 1.807) is 0 Å². The number of aromatic nitrogens is 8. The summed E-state index contributed by atoms with van der Waals surface area (Å²) in [5, 5.41) is 41.9. The van der Waals surface area contributed by atoms with Crippen molar-refractivity contribution in [1.29, 1.82) is 0 Å². The Kier molecular flexibility index (Phi) is 11.9. The van der Waals surface area contributed by atoms with Crippen molar-refractivity contribution in [3.05, 3.63) is 25.3 Å². The van der Waals surface area contributed by atoms with Crippen molar-refractivity contribution in [2.45, 2.75) is 49.1 Å². The topological polar surface area (TPSA) is 434 Å². The third-order valence-corrected chi connectivity index (χ3v) is 13.0. The lowest BCUT2D eigenvalue weighted by Gasteiger charge is -2.21. The molecule has 0 aromatic carbocycles. The maximum atomic E-state index is 12.4. The lowest BCUT2D eigenvalue weighted by atomic mass is 10.1. The van der Waals surface area contributed by atoms with Gasteiger partial charge in [0.2, 0.25) is 0 Å². The van der Waals surface area contributed by atoms with E-state index in [2.05, 4.69) is 52.3 Å². The number of hydrogen-bond donors (Lipinski definition) is 10. The SMILES string of the molecule is Nc1ncnc2c1ncn2[C@@H]1O[C@H](COP(=O)(O)OCP(=O)(O)OP(=O)(O)COP(=O)(O)OC[C@H]2O[C@@H](n3cnc4c(N)ncnc43)[C@H](O)[C@@H]2O)[C@@H](O)[C@H]1O. The van der Waals surface area contributed by atoms with Gasteiger partial charge in [-0.3, -0.25) is 36.4 Å². The molecule has 33 heteroatoms. The number of ether oxygens (including phenoxy) is 2. The number of anilines is 2. The summed E-state index contributed by atoms with van der Waals surface area (Å²) in [6.45, 7) is -1.87. The van der Waals surface area contributed by atoms with Gasteiger partial charge in [0.1, 0.15) is 60.3 Å². The van der Waals surface area contributed by atoms with E-state index in [1.807, 2.05) is 0 Å². The molecule has 6 rings (SSSR count). The Bertz CT molecular complexity index is 2080. The molecule has 4 aromatic rings. The predicted octanol–water partition coefficient (Wildman–Crippen LogP) is -2.36. The quantitative estimate of drug-likeness (QED) is 0.0527. The zero-order chi connectivity index (χ0) is 40.1. The fourth-order valence-corrected chi connectivity index (χ4v) is 10.4. The average molecular weight is 864 g/mol. The number of nitrogens with zero attached hydrogens (tertiary/aromatic N) is 8. The van der Waals surface area contributed by atoms with Crippen LogP contribution in [0.2, 0.25) is 0 Å². The largest absolute Gasteiger partial charge is 0.472 e. The van der Waals surface area contributed by atoms with E-state index in [0.29, 0.717) is 0 Å². The Morgan fingerprint density at radius 3 is 1.36 bits per heavy atom. The van der Waals surface area contributed by atoms with Crippen LogP contribution in [0.15, 0.2) is 25.3 Å². The maximum Gasteiger partial charge on any atom is 0.472 e. The number of imidazole rings is 2. The Labute approximate surface area is 305 Å². The van der Waals surface area contributed by atoms with Crippen LogP contribution in [-0.4, -0.2) is 142 Å². The van der Waals surface area contributed by atoms with Gasteiger partial charge in [-0.15, -0.1) is 0 Å². The Balaban J connectivity index is 0.957. The highest BCUT2D eigenvalue weighted by molar-refractivity contribution is 7.66. The minimum atomic E-state index is -5.43. The lowest BCUT2D eigenvalue weighted by Crippen LogP contribution is -2.33. The summed E-state index contributed by atoms with van der Waals surface area (Å²) >= 11 is 0. The van der Waals surface area contributed by atoms with Crippen molar-refractivity contribution >= 4 is 64.8 Å². The summed E-state index contributed by atoms with van der Waals surface area (Å²) in [5.74, 6) is 0.0293. The third-order valence-electron chi connectivity index (χ3n) is 7.82. The second kappa shape index (κ2) is 15.8. The summed E-state index contributed by atoms with van der Waals surface area (Å²) < 4.78 is 85.5. The van der Waals surface area contributed by atoms with Crippen LogP contribution in [0.3, 0.4) is 0 Å². The standard InChI is InChI=1S/C22H32N10O19P4/c23-17-11-19(27-3-25-17)31(5-29-11)21-15(35)13(33)9(49-21)1-45-54(41,42)47-7-52(37,38)51-53(39,40)8-48-55(43,44)46-2-10-14(34)16(36)22(50-10)32-6-30-12-18(24)26-4-28-20(12)32/h3-6,9-10,13-16,21-22,33-36H,1-2,7-8H2,(H,37,38)(H,39,40)(H,41,42)(H,43,44)(H2,23,25,27)(H2,24,26,28)/t9-,10-,13-,14-,15-,16-,21-,22-/m1/s1. The number of aliphatic hydroxyl groups excluding tert-OH is 4. The van der Waals surface area contributed by atoms with E-state index in [9.17, 15) is 58.3 Å². The molecule has 4 aromatic heterocycles. The molecule has 304 valence electrons. The van der Waals surface area contributed by atoms with Crippen LogP contribution >= 0.6 is 30.8 Å². The van der Waals surface area contributed by atoms with Crippen molar-refractivity contribution in [3.63, 3.8) is 0 Å². The predicted molar refractivity (Wildman–Crippen MR) is 176 cm³/mol. The zero-order valence-electron chi connectivity index (χ0n) is 27.3. The average Bonchev–Trinajstić information content (AvgIpc) is 3.87. The first-order chi connectivity index (χ1) is 25.7. The molecule has 29 nitrogen and oxygen atoms in total. The molecule has 55 heavy (non-hydrogen) atoms. The molecule has 0 radical (unpaired) electrons. The highest BCUT2D eigenvalue weighted by Crippen LogP contribution is 2.63. The first-order valence-corrected chi connectivity index (χ1v) is 21.7. The van der Waals surface area contributed by atoms with E-state index in [1.165, 1.54) is 21.8 Å². The van der Waals surface area contributed by atoms with Crippen LogP contribution in [0.5, 0.6) is 0 Å². The second-order valence-electron chi connectivity index (χ2n) is 11.7. The van der Waals surface area contributed by atoms with Crippen LogP contribution in [0.25, 0.3) is 22.3 Å². The number of rotatable bonds is 16. The van der Waals surface area contributed by atoms with E-state index in [-0.39, 0.29) is 34.0 Å². The smallest absolute Gasteiger partial charge is 0.387 e.